The molecular weight excluding hydrogens is 450 g/mol. The van der Waals surface area contributed by atoms with Crippen LogP contribution in [0, 0.1) is 6.92 Å². The summed E-state index contributed by atoms with van der Waals surface area (Å²) in [6.07, 6.45) is 5.32. The SMILES string of the molecule is CC(=O)NCC(=O)N1CCC(Nc2ncc(-c3cccc(N(C)c4cc(C)ccn4)n3)s2)CC1. The van der Waals surface area contributed by atoms with Gasteiger partial charge in [-0.05, 0) is 49.6 Å². The van der Waals surface area contributed by atoms with Gasteiger partial charge in [-0.3, -0.25) is 9.59 Å². The number of hydrogen-bond donors (Lipinski definition) is 2. The number of nitrogens with one attached hydrogen (secondary N) is 2. The van der Waals surface area contributed by atoms with E-state index in [1.54, 1.807) is 22.4 Å². The van der Waals surface area contributed by atoms with Gasteiger partial charge in [-0.15, -0.1) is 0 Å². The fraction of sp³-hybridized carbons (Fsp3) is 0.375. The zero-order valence-electron chi connectivity index (χ0n) is 19.6. The van der Waals surface area contributed by atoms with Gasteiger partial charge in [-0.1, -0.05) is 17.4 Å². The van der Waals surface area contributed by atoms with Crippen molar-refractivity contribution in [2.24, 2.45) is 0 Å². The van der Waals surface area contributed by atoms with Gasteiger partial charge in [-0.2, -0.15) is 0 Å². The fourth-order valence-electron chi connectivity index (χ4n) is 3.79. The first-order valence-corrected chi connectivity index (χ1v) is 12.1. The largest absolute Gasteiger partial charge is 0.359 e. The Kier molecular flexibility index (Phi) is 7.36. The Hall–Kier alpha value is -3.53. The van der Waals surface area contributed by atoms with Crippen LogP contribution in [-0.2, 0) is 9.59 Å². The molecule has 0 aromatic carbocycles. The van der Waals surface area contributed by atoms with E-state index < -0.39 is 0 Å². The average molecular weight is 480 g/mol. The molecule has 4 rings (SSSR count). The molecule has 0 spiro atoms. The van der Waals surface area contributed by atoms with E-state index >= 15 is 0 Å². The fourth-order valence-corrected chi connectivity index (χ4v) is 4.65. The van der Waals surface area contributed by atoms with Gasteiger partial charge >= 0.3 is 0 Å². The maximum absolute atomic E-state index is 12.2. The summed E-state index contributed by atoms with van der Waals surface area (Å²) in [5.41, 5.74) is 2.01. The van der Waals surface area contributed by atoms with Crippen molar-refractivity contribution < 1.29 is 9.59 Å². The smallest absolute Gasteiger partial charge is 0.241 e. The van der Waals surface area contributed by atoms with Crippen LogP contribution < -0.4 is 15.5 Å². The number of anilines is 3. The van der Waals surface area contributed by atoms with Gasteiger partial charge in [0.2, 0.25) is 11.8 Å². The number of pyridine rings is 2. The first-order valence-electron chi connectivity index (χ1n) is 11.3. The lowest BCUT2D eigenvalue weighted by molar-refractivity contribution is -0.133. The van der Waals surface area contributed by atoms with E-state index in [0.717, 1.165) is 45.7 Å². The molecule has 10 heteroatoms. The molecule has 0 aliphatic carbocycles. The van der Waals surface area contributed by atoms with Crippen molar-refractivity contribution in [3.05, 3.63) is 48.3 Å². The molecule has 3 aromatic heterocycles. The van der Waals surface area contributed by atoms with Crippen LogP contribution in [0.25, 0.3) is 10.6 Å². The van der Waals surface area contributed by atoms with Crippen LogP contribution >= 0.6 is 11.3 Å². The molecule has 0 saturated carbocycles. The van der Waals surface area contributed by atoms with Gasteiger partial charge < -0.3 is 20.4 Å². The molecule has 0 atom stereocenters. The summed E-state index contributed by atoms with van der Waals surface area (Å²) in [5.74, 6) is 1.43. The molecule has 0 radical (unpaired) electrons. The molecule has 1 saturated heterocycles. The highest BCUT2D eigenvalue weighted by molar-refractivity contribution is 7.18. The van der Waals surface area contributed by atoms with E-state index in [9.17, 15) is 9.59 Å². The minimum Gasteiger partial charge on any atom is -0.359 e. The molecule has 3 aromatic rings. The number of carbonyl (C=O) groups is 2. The van der Waals surface area contributed by atoms with Crippen LogP contribution in [0.2, 0.25) is 0 Å². The normalized spacial score (nSPS) is 14.0. The summed E-state index contributed by atoms with van der Waals surface area (Å²) < 4.78 is 0. The minimum absolute atomic E-state index is 0.0398. The van der Waals surface area contributed by atoms with E-state index in [0.29, 0.717) is 13.1 Å². The third kappa shape index (κ3) is 5.88. The van der Waals surface area contributed by atoms with Gasteiger partial charge in [0.05, 0.1) is 17.1 Å². The number of piperidine rings is 1. The summed E-state index contributed by atoms with van der Waals surface area (Å²) in [4.78, 5) is 41.8. The minimum atomic E-state index is -0.192. The molecule has 0 unspecified atom stereocenters. The summed E-state index contributed by atoms with van der Waals surface area (Å²) in [6.45, 7) is 4.85. The van der Waals surface area contributed by atoms with E-state index in [2.05, 4.69) is 20.6 Å². The number of hydrogen-bond acceptors (Lipinski definition) is 8. The van der Waals surface area contributed by atoms with Crippen molar-refractivity contribution in [1.29, 1.82) is 0 Å². The molecule has 0 bridgehead atoms. The van der Waals surface area contributed by atoms with Gasteiger partial charge in [0.1, 0.15) is 11.6 Å². The molecule has 178 valence electrons. The second-order valence-electron chi connectivity index (χ2n) is 8.37. The molecule has 1 aliphatic rings. The maximum atomic E-state index is 12.2. The Morgan fingerprint density at radius 2 is 1.97 bits per heavy atom. The molecule has 1 aliphatic heterocycles. The predicted molar refractivity (Wildman–Crippen MR) is 134 cm³/mol. The molecular formula is C24H29N7O2S. The lowest BCUT2D eigenvalue weighted by Crippen LogP contribution is -2.46. The zero-order valence-corrected chi connectivity index (χ0v) is 20.4. The molecule has 1 fully saturated rings. The first kappa shape index (κ1) is 23.6. The topological polar surface area (TPSA) is 103 Å². The number of aromatic nitrogens is 3. The summed E-state index contributed by atoms with van der Waals surface area (Å²) in [5, 5.41) is 6.92. The molecule has 4 heterocycles. The highest BCUT2D eigenvalue weighted by atomic mass is 32.1. The van der Waals surface area contributed by atoms with E-state index in [1.807, 2.05) is 55.4 Å². The van der Waals surface area contributed by atoms with Gasteiger partial charge in [0.15, 0.2) is 5.13 Å². The predicted octanol–water partition coefficient (Wildman–Crippen LogP) is 3.22. The number of aryl methyl sites for hydroxylation is 1. The Labute approximate surface area is 203 Å². The maximum Gasteiger partial charge on any atom is 0.241 e. The van der Waals surface area contributed by atoms with Crippen molar-refractivity contribution in [1.82, 2.24) is 25.2 Å². The Morgan fingerprint density at radius 3 is 2.71 bits per heavy atom. The highest BCUT2D eigenvalue weighted by Crippen LogP contribution is 2.31. The van der Waals surface area contributed by atoms with Crippen molar-refractivity contribution in [2.45, 2.75) is 32.7 Å². The quantitative estimate of drug-likeness (QED) is 0.536. The third-order valence-corrected chi connectivity index (χ3v) is 6.70. The van der Waals surface area contributed by atoms with Gasteiger partial charge in [0, 0.05) is 45.5 Å². The van der Waals surface area contributed by atoms with Crippen LogP contribution in [0.1, 0.15) is 25.3 Å². The standard InChI is InChI=1S/C24H29N7O2S/c1-16-7-10-25-22(13-16)30(3)21-6-4-5-19(29-21)20-14-27-24(34-20)28-18-8-11-31(12-9-18)23(33)15-26-17(2)32/h4-7,10,13-14,18H,8-9,11-12,15H2,1-3H3,(H,26,32)(H,27,28). The Bertz CT molecular complexity index is 1160. The average Bonchev–Trinajstić information content (AvgIpc) is 3.31. The van der Waals surface area contributed by atoms with Crippen molar-refractivity contribution in [3.8, 4) is 10.6 Å². The van der Waals surface area contributed by atoms with Crippen molar-refractivity contribution >= 4 is 39.9 Å². The molecule has 2 amide bonds. The van der Waals surface area contributed by atoms with E-state index in [1.165, 1.54) is 6.92 Å². The second kappa shape index (κ2) is 10.6. The van der Waals surface area contributed by atoms with Crippen LogP contribution in [0.5, 0.6) is 0 Å². The number of carbonyl (C=O) groups excluding carboxylic acids is 2. The number of likely N-dealkylation sites (tertiary alicyclic amines) is 1. The van der Waals surface area contributed by atoms with Crippen molar-refractivity contribution in [3.63, 3.8) is 0 Å². The monoisotopic (exact) mass is 479 g/mol. The van der Waals surface area contributed by atoms with E-state index in [-0.39, 0.29) is 24.4 Å². The van der Waals surface area contributed by atoms with Crippen LogP contribution in [0.15, 0.2) is 42.7 Å². The molecule has 9 nitrogen and oxygen atoms in total. The summed E-state index contributed by atoms with van der Waals surface area (Å²) >= 11 is 1.57. The summed E-state index contributed by atoms with van der Waals surface area (Å²) in [6, 6.07) is 10.2. The van der Waals surface area contributed by atoms with Gasteiger partial charge in [0.25, 0.3) is 0 Å². The Balaban J connectivity index is 1.36. The molecule has 34 heavy (non-hydrogen) atoms. The van der Waals surface area contributed by atoms with E-state index in [4.69, 9.17) is 4.98 Å². The summed E-state index contributed by atoms with van der Waals surface area (Å²) in [7, 11) is 1.96. The molecule has 2 N–H and O–H groups in total. The zero-order chi connectivity index (χ0) is 24.1. The van der Waals surface area contributed by atoms with Crippen LogP contribution in [-0.4, -0.2) is 64.4 Å². The first-order chi connectivity index (χ1) is 16.4. The number of nitrogens with zero attached hydrogens (tertiary/aromatic N) is 5. The third-order valence-electron chi connectivity index (χ3n) is 5.74. The highest BCUT2D eigenvalue weighted by Gasteiger charge is 2.23. The lowest BCUT2D eigenvalue weighted by Gasteiger charge is -2.32. The second-order valence-corrected chi connectivity index (χ2v) is 9.40. The van der Waals surface area contributed by atoms with Crippen LogP contribution in [0.3, 0.4) is 0 Å². The van der Waals surface area contributed by atoms with Crippen LogP contribution in [0.4, 0.5) is 16.8 Å². The number of rotatable bonds is 7. The number of thiazole rings is 1. The van der Waals surface area contributed by atoms with Gasteiger partial charge in [-0.25, -0.2) is 15.0 Å². The lowest BCUT2D eigenvalue weighted by atomic mass is 10.1. The number of amides is 2. The van der Waals surface area contributed by atoms with Crippen molar-refractivity contribution in [2.75, 3.05) is 36.9 Å². The Morgan fingerprint density at radius 1 is 1.18 bits per heavy atom.